The number of hydrogen-bond acceptors (Lipinski definition) is 3. The van der Waals surface area contributed by atoms with Crippen LogP contribution in [0, 0.1) is 0 Å². The van der Waals surface area contributed by atoms with E-state index in [0.717, 1.165) is 5.75 Å². The molecule has 0 saturated carbocycles. The summed E-state index contributed by atoms with van der Waals surface area (Å²) in [5, 5.41) is 0.716. The van der Waals surface area contributed by atoms with Gasteiger partial charge in [0.25, 0.3) is 0 Å². The lowest BCUT2D eigenvalue weighted by molar-refractivity contribution is 0.415. The van der Waals surface area contributed by atoms with Gasteiger partial charge >= 0.3 is 0 Å². The molecule has 0 fully saturated rings. The van der Waals surface area contributed by atoms with Crippen LogP contribution in [0.2, 0.25) is 0 Å². The van der Waals surface area contributed by atoms with Gasteiger partial charge < -0.3 is 4.74 Å². The first-order valence-electron chi connectivity index (χ1n) is 3.78. The third kappa shape index (κ3) is 6.04. The molecule has 0 aliphatic heterocycles. The average molecular weight is 185 g/mol. The molecule has 2 nitrogen and oxygen atoms in total. The largest absolute Gasteiger partial charge is 0.476 e. The molecule has 68 valence electrons. The molecule has 0 heterocycles. The van der Waals surface area contributed by atoms with E-state index in [4.69, 9.17) is 4.74 Å². The first-order chi connectivity index (χ1) is 5.85. The van der Waals surface area contributed by atoms with Crippen molar-refractivity contribution in [1.29, 1.82) is 0 Å². The molecule has 0 radical (unpaired) electrons. The fourth-order valence-electron chi connectivity index (χ4n) is 0.532. The van der Waals surface area contributed by atoms with Gasteiger partial charge in [-0.05, 0) is 6.92 Å². The fourth-order valence-corrected chi connectivity index (χ4v) is 1.08. The molecule has 0 unspecified atom stereocenters. The number of methoxy groups -OCH3 is 1. The Bertz CT molecular complexity index is 175. The summed E-state index contributed by atoms with van der Waals surface area (Å²) in [5.74, 6) is 0.836. The summed E-state index contributed by atoms with van der Waals surface area (Å²) in [6, 6.07) is 0. The van der Waals surface area contributed by atoms with E-state index in [2.05, 4.69) is 11.6 Å². The Morgan fingerprint density at radius 3 is 2.92 bits per heavy atom. The van der Waals surface area contributed by atoms with Crippen LogP contribution in [-0.2, 0) is 4.74 Å². The number of nitrogens with zero attached hydrogens (tertiary/aromatic N) is 1. The lowest BCUT2D eigenvalue weighted by atomic mass is 10.5. The quantitative estimate of drug-likeness (QED) is 0.381. The molecule has 0 amide bonds. The van der Waals surface area contributed by atoms with Crippen molar-refractivity contribution in [2.75, 3.05) is 19.4 Å². The summed E-state index contributed by atoms with van der Waals surface area (Å²) < 4.78 is 5.03. The topological polar surface area (TPSA) is 21.6 Å². The van der Waals surface area contributed by atoms with Gasteiger partial charge in [0.05, 0.1) is 13.7 Å². The predicted octanol–water partition coefficient (Wildman–Crippen LogP) is 2.48. The smallest absolute Gasteiger partial charge is 0.246 e. The molecule has 0 rings (SSSR count). The third-order valence-electron chi connectivity index (χ3n) is 1.06. The van der Waals surface area contributed by atoms with Crippen molar-refractivity contribution in [2.24, 2.45) is 4.99 Å². The second kappa shape index (κ2) is 8.40. The molecular formula is C9H15NOS. The SMILES string of the molecule is C=CCSC(=NC/C=C\C)OC. The Kier molecular flexibility index (Phi) is 7.91. The normalized spacial score (nSPS) is 12.0. The molecule has 0 saturated heterocycles. The van der Waals surface area contributed by atoms with Crippen molar-refractivity contribution in [3.05, 3.63) is 24.8 Å². The summed E-state index contributed by atoms with van der Waals surface area (Å²) in [4.78, 5) is 4.19. The minimum absolute atomic E-state index is 0.684. The van der Waals surface area contributed by atoms with Gasteiger partial charge in [-0.3, -0.25) is 0 Å². The van der Waals surface area contributed by atoms with E-state index >= 15 is 0 Å². The fraction of sp³-hybridized carbons (Fsp3) is 0.444. The summed E-state index contributed by atoms with van der Waals surface area (Å²) in [7, 11) is 1.63. The molecule has 0 aromatic rings. The second-order valence-corrected chi connectivity index (χ2v) is 2.95. The highest BCUT2D eigenvalue weighted by Gasteiger charge is 1.94. The van der Waals surface area contributed by atoms with Crippen molar-refractivity contribution in [2.45, 2.75) is 6.92 Å². The van der Waals surface area contributed by atoms with Crippen molar-refractivity contribution >= 4 is 17.0 Å². The summed E-state index contributed by atoms with van der Waals surface area (Å²) in [6.07, 6.45) is 5.78. The van der Waals surface area contributed by atoms with Gasteiger partial charge in [-0.2, -0.15) is 0 Å². The van der Waals surface area contributed by atoms with Gasteiger partial charge in [0.1, 0.15) is 0 Å². The summed E-state index contributed by atoms with van der Waals surface area (Å²) >= 11 is 1.55. The maximum Gasteiger partial charge on any atom is 0.246 e. The zero-order valence-electron chi connectivity index (χ0n) is 7.62. The van der Waals surface area contributed by atoms with E-state index in [9.17, 15) is 0 Å². The monoisotopic (exact) mass is 185 g/mol. The van der Waals surface area contributed by atoms with Crippen molar-refractivity contribution in [3.8, 4) is 0 Å². The van der Waals surface area contributed by atoms with Crippen LogP contribution in [0.3, 0.4) is 0 Å². The maximum atomic E-state index is 5.03. The Balaban J connectivity index is 3.77. The summed E-state index contributed by atoms with van der Waals surface area (Å²) in [5.41, 5.74) is 0. The molecule has 0 atom stereocenters. The molecular weight excluding hydrogens is 170 g/mol. The molecule has 0 bridgehead atoms. The standard InChI is InChI=1S/C9H15NOS/c1-4-6-7-10-9(11-3)12-8-5-2/h4-6H,2,7-8H2,1,3H3/b6-4-,10-9?. The van der Waals surface area contributed by atoms with Crippen LogP contribution in [0.5, 0.6) is 0 Å². The molecule has 12 heavy (non-hydrogen) atoms. The number of hydrogen-bond donors (Lipinski definition) is 0. The van der Waals surface area contributed by atoms with Crippen LogP contribution in [0.15, 0.2) is 29.8 Å². The van der Waals surface area contributed by atoms with Gasteiger partial charge in [-0.1, -0.05) is 30.0 Å². The highest BCUT2D eigenvalue weighted by atomic mass is 32.2. The van der Waals surface area contributed by atoms with E-state index in [-0.39, 0.29) is 0 Å². The number of aliphatic imine (C=N–C) groups is 1. The summed E-state index contributed by atoms with van der Waals surface area (Å²) in [6.45, 7) is 6.27. The van der Waals surface area contributed by atoms with Gasteiger partial charge in [0.15, 0.2) is 0 Å². The van der Waals surface area contributed by atoms with Gasteiger partial charge in [-0.25, -0.2) is 4.99 Å². The van der Waals surface area contributed by atoms with Gasteiger partial charge in [-0.15, -0.1) is 6.58 Å². The maximum absolute atomic E-state index is 5.03. The second-order valence-electron chi connectivity index (χ2n) is 1.98. The highest BCUT2D eigenvalue weighted by Crippen LogP contribution is 2.04. The molecule has 0 N–H and O–H groups in total. The van der Waals surface area contributed by atoms with E-state index in [1.54, 1.807) is 18.9 Å². The average Bonchev–Trinajstić information content (AvgIpc) is 2.11. The minimum Gasteiger partial charge on any atom is -0.476 e. The van der Waals surface area contributed by atoms with Crippen LogP contribution in [-0.4, -0.2) is 24.6 Å². The Labute approximate surface area is 78.4 Å². The minimum atomic E-state index is 0.684. The number of allylic oxidation sites excluding steroid dienone is 1. The van der Waals surface area contributed by atoms with Crippen LogP contribution in [0.1, 0.15) is 6.92 Å². The van der Waals surface area contributed by atoms with Crippen LogP contribution in [0.4, 0.5) is 0 Å². The van der Waals surface area contributed by atoms with Crippen LogP contribution < -0.4 is 0 Å². The molecule has 0 aliphatic rings. The lowest BCUT2D eigenvalue weighted by Crippen LogP contribution is -1.96. The molecule has 0 aromatic carbocycles. The van der Waals surface area contributed by atoms with Crippen LogP contribution >= 0.6 is 11.8 Å². The molecule has 3 heteroatoms. The van der Waals surface area contributed by atoms with Gasteiger partial charge in [0, 0.05) is 5.75 Å². The van der Waals surface area contributed by atoms with Crippen molar-refractivity contribution in [1.82, 2.24) is 0 Å². The lowest BCUT2D eigenvalue weighted by Gasteiger charge is -2.00. The molecule has 0 spiro atoms. The highest BCUT2D eigenvalue weighted by molar-refractivity contribution is 8.13. The molecule has 0 aromatic heterocycles. The predicted molar refractivity (Wildman–Crippen MR) is 56.8 cm³/mol. The first-order valence-corrected chi connectivity index (χ1v) is 4.77. The van der Waals surface area contributed by atoms with Crippen molar-refractivity contribution in [3.63, 3.8) is 0 Å². The Morgan fingerprint density at radius 1 is 1.67 bits per heavy atom. The number of thioether (sulfide) groups is 1. The van der Waals surface area contributed by atoms with E-state index in [1.165, 1.54) is 0 Å². The number of rotatable bonds is 4. The molecule has 0 aliphatic carbocycles. The zero-order chi connectivity index (χ0) is 9.23. The van der Waals surface area contributed by atoms with Crippen molar-refractivity contribution < 1.29 is 4.74 Å². The number of ether oxygens (including phenoxy) is 1. The van der Waals surface area contributed by atoms with E-state index < -0.39 is 0 Å². The van der Waals surface area contributed by atoms with E-state index in [1.807, 2.05) is 25.2 Å². The first kappa shape index (κ1) is 11.3. The Morgan fingerprint density at radius 2 is 2.42 bits per heavy atom. The Hall–Kier alpha value is -0.700. The zero-order valence-corrected chi connectivity index (χ0v) is 8.43. The van der Waals surface area contributed by atoms with Gasteiger partial charge in [0.2, 0.25) is 5.23 Å². The van der Waals surface area contributed by atoms with Crippen LogP contribution in [0.25, 0.3) is 0 Å². The van der Waals surface area contributed by atoms with E-state index in [0.29, 0.717) is 11.8 Å². The third-order valence-corrected chi connectivity index (χ3v) is 2.01.